The molecule has 1 amide bonds. The maximum Gasteiger partial charge on any atom is 0.412 e. The van der Waals surface area contributed by atoms with Crippen LogP contribution >= 0.6 is 11.3 Å². The van der Waals surface area contributed by atoms with Gasteiger partial charge in [0.1, 0.15) is 21.4 Å². The largest absolute Gasteiger partial charge is 0.444 e. The fraction of sp³-hybridized carbons (Fsp3) is 0.308. The first kappa shape index (κ1) is 15.4. The number of carbonyl (C=O) groups is 1. The number of anilines is 1. The van der Waals surface area contributed by atoms with Crippen molar-refractivity contribution in [3.05, 3.63) is 24.3 Å². The molecule has 0 aliphatic rings. The Morgan fingerprint density at radius 1 is 1.43 bits per heavy atom. The van der Waals surface area contributed by atoms with Crippen LogP contribution in [0.2, 0.25) is 0 Å². The standard InChI is InChI=1S/C13H15BFN3O2S/c1-13(2,3)20-12(19)18-11-9(14)17-10(21-11)7-4-8(15)6-16-5-7/h4-6H,14H2,1-3H3,(H,18,19). The molecule has 2 rings (SSSR count). The predicted octanol–water partition coefficient (Wildman–Crippen LogP) is 1.95. The molecule has 8 heteroatoms. The number of halogens is 1. The van der Waals surface area contributed by atoms with Crippen molar-refractivity contribution < 1.29 is 13.9 Å². The van der Waals surface area contributed by atoms with Gasteiger partial charge in [-0.3, -0.25) is 10.3 Å². The van der Waals surface area contributed by atoms with Gasteiger partial charge in [0.05, 0.1) is 6.20 Å². The predicted molar refractivity (Wildman–Crippen MR) is 83.3 cm³/mol. The third-order valence-electron chi connectivity index (χ3n) is 2.36. The van der Waals surface area contributed by atoms with Crippen molar-refractivity contribution in [2.75, 3.05) is 5.32 Å². The molecular weight excluding hydrogens is 292 g/mol. The van der Waals surface area contributed by atoms with Crippen molar-refractivity contribution in [2.24, 2.45) is 0 Å². The summed E-state index contributed by atoms with van der Waals surface area (Å²) in [5.41, 5.74) is 0.642. The molecule has 1 N–H and O–H groups in total. The van der Waals surface area contributed by atoms with E-state index in [-0.39, 0.29) is 0 Å². The molecule has 0 bridgehead atoms. The zero-order valence-electron chi connectivity index (χ0n) is 12.2. The molecule has 2 aromatic rings. The number of amides is 1. The fourth-order valence-corrected chi connectivity index (χ4v) is 2.49. The van der Waals surface area contributed by atoms with Crippen molar-refractivity contribution in [2.45, 2.75) is 26.4 Å². The topological polar surface area (TPSA) is 64.1 Å². The first-order chi connectivity index (χ1) is 9.74. The number of ether oxygens (including phenoxy) is 1. The first-order valence-corrected chi connectivity index (χ1v) is 7.14. The highest BCUT2D eigenvalue weighted by molar-refractivity contribution is 7.20. The van der Waals surface area contributed by atoms with E-state index < -0.39 is 17.5 Å². The van der Waals surface area contributed by atoms with Crippen molar-refractivity contribution in [1.29, 1.82) is 0 Å². The van der Waals surface area contributed by atoms with E-state index in [1.165, 1.54) is 23.6 Å². The van der Waals surface area contributed by atoms with Gasteiger partial charge >= 0.3 is 6.09 Å². The van der Waals surface area contributed by atoms with Crippen molar-refractivity contribution in [3.8, 4) is 10.6 Å². The summed E-state index contributed by atoms with van der Waals surface area (Å²) in [6, 6.07) is 1.35. The molecule has 2 aromatic heterocycles. The SMILES string of the molecule is Bc1nc(-c2cncc(F)c2)sc1NC(=O)OC(C)(C)C. The molecule has 0 aromatic carbocycles. The summed E-state index contributed by atoms with van der Waals surface area (Å²) >= 11 is 1.25. The molecule has 0 unspecified atom stereocenters. The van der Waals surface area contributed by atoms with Crippen LogP contribution in [0.4, 0.5) is 14.2 Å². The molecule has 0 saturated heterocycles. The van der Waals surface area contributed by atoms with E-state index in [4.69, 9.17) is 4.74 Å². The van der Waals surface area contributed by atoms with Crippen LogP contribution in [0.5, 0.6) is 0 Å². The number of pyridine rings is 1. The molecular formula is C13H15BFN3O2S. The number of rotatable bonds is 2. The zero-order chi connectivity index (χ0) is 15.6. The Hall–Kier alpha value is -1.96. The van der Waals surface area contributed by atoms with Gasteiger partial charge < -0.3 is 4.74 Å². The minimum atomic E-state index is -0.571. The number of hydrogen-bond acceptors (Lipinski definition) is 5. The van der Waals surface area contributed by atoms with E-state index in [1.54, 1.807) is 28.6 Å². The van der Waals surface area contributed by atoms with Gasteiger partial charge in [-0.05, 0) is 26.8 Å². The minimum Gasteiger partial charge on any atom is -0.444 e. The highest BCUT2D eigenvalue weighted by atomic mass is 32.1. The quantitative estimate of drug-likeness (QED) is 0.861. The zero-order valence-corrected chi connectivity index (χ0v) is 13.0. The second-order valence-corrected chi connectivity index (χ2v) is 6.45. The van der Waals surface area contributed by atoms with Crippen LogP contribution in [0.15, 0.2) is 18.5 Å². The smallest absolute Gasteiger partial charge is 0.412 e. The van der Waals surface area contributed by atoms with Gasteiger partial charge in [-0.25, -0.2) is 14.2 Å². The lowest BCUT2D eigenvalue weighted by atomic mass is 10.1. The van der Waals surface area contributed by atoms with E-state index in [0.29, 0.717) is 21.2 Å². The Labute approximate surface area is 127 Å². The molecule has 0 fully saturated rings. The second-order valence-electron chi connectivity index (χ2n) is 5.45. The van der Waals surface area contributed by atoms with Crippen LogP contribution in [0.3, 0.4) is 0 Å². The first-order valence-electron chi connectivity index (χ1n) is 6.33. The average molecular weight is 307 g/mol. The summed E-state index contributed by atoms with van der Waals surface area (Å²) in [5.74, 6) is -0.429. The number of thiazole rings is 1. The van der Waals surface area contributed by atoms with Crippen LogP contribution in [-0.4, -0.2) is 29.5 Å². The van der Waals surface area contributed by atoms with Gasteiger partial charge in [0.15, 0.2) is 7.85 Å². The van der Waals surface area contributed by atoms with Crippen LogP contribution in [0.25, 0.3) is 10.6 Å². The Morgan fingerprint density at radius 2 is 2.14 bits per heavy atom. The number of hydrogen-bond donors (Lipinski definition) is 1. The molecule has 0 aliphatic carbocycles. The maximum absolute atomic E-state index is 13.2. The Morgan fingerprint density at radius 3 is 2.76 bits per heavy atom. The third-order valence-corrected chi connectivity index (χ3v) is 3.48. The van der Waals surface area contributed by atoms with Gasteiger partial charge in [0.25, 0.3) is 0 Å². The van der Waals surface area contributed by atoms with Crippen molar-refractivity contribution in [1.82, 2.24) is 9.97 Å². The second kappa shape index (κ2) is 5.81. The summed E-state index contributed by atoms with van der Waals surface area (Å²) in [4.78, 5) is 19.9. The number of nitrogens with zero attached hydrogens (tertiary/aromatic N) is 2. The van der Waals surface area contributed by atoms with Gasteiger partial charge in [0, 0.05) is 17.4 Å². The number of nitrogens with one attached hydrogen (secondary N) is 1. The molecule has 21 heavy (non-hydrogen) atoms. The van der Waals surface area contributed by atoms with Gasteiger partial charge in [0.2, 0.25) is 0 Å². The molecule has 110 valence electrons. The Kier molecular flexibility index (Phi) is 4.27. The van der Waals surface area contributed by atoms with E-state index in [1.807, 2.05) is 0 Å². The molecule has 2 heterocycles. The summed E-state index contributed by atoms with van der Waals surface area (Å²) in [7, 11) is 1.76. The summed E-state index contributed by atoms with van der Waals surface area (Å²) in [6.45, 7) is 5.36. The number of aromatic nitrogens is 2. The van der Waals surface area contributed by atoms with Crippen LogP contribution in [0.1, 0.15) is 20.8 Å². The summed E-state index contributed by atoms with van der Waals surface area (Å²) in [6.07, 6.45) is 2.11. The fourth-order valence-electron chi connectivity index (χ4n) is 1.56. The number of carbonyl (C=O) groups excluding carboxylic acids is 1. The van der Waals surface area contributed by atoms with E-state index in [0.717, 1.165) is 6.20 Å². The summed E-state index contributed by atoms with van der Waals surface area (Å²) < 4.78 is 18.4. The van der Waals surface area contributed by atoms with Crippen LogP contribution < -0.4 is 10.9 Å². The molecule has 0 radical (unpaired) electrons. The van der Waals surface area contributed by atoms with Crippen molar-refractivity contribution >= 4 is 35.9 Å². The maximum atomic E-state index is 13.2. The van der Waals surface area contributed by atoms with Crippen LogP contribution in [0, 0.1) is 5.82 Å². The molecule has 0 spiro atoms. The third kappa shape index (κ3) is 4.25. The molecule has 0 aliphatic heterocycles. The average Bonchev–Trinajstić information content (AvgIpc) is 2.68. The highest BCUT2D eigenvalue weighted by Crippen LogP contribution is 2.27. The van der Waals surface area contributed by atoms with Gasteiger partial charge in [-0.15, -0.1) is 0 Å². The monoisotopic (exact) mass is 307 g/mol. The van der Waals surface area contributed by atoms with E-state index >= 15 is 0 Å². The summed E-state index contributed by atoms with van der Waals surface area (Å²) in [5, 5.41) is 3.81. The molecule has 0 saturated carbocycles. The van der Waals surface area contributed by atoms with E-state index in [2.05, 4.69) is 15.3 Å². The van der Waals surface area contributed by atoms with Crippen molar-refractivity contribution in [3.63, 3.8) is 0 Å². The lowest BCUT2D eigenvalue weighted by Gasteiger charge is -2.19. The van der Waals surface area contributed by atoms with Crippen LogP contribution in [-0.2, 0) is 4.74 Å². The van der Waals surface area contributed by atoms with E-state index in [9.17, 15) is 9.18 Å². The lowest BCUT2D eigenvalue weighted by Crippen LogP contribution is -2.28. The molecule has 5 nitrogen and oxygen atoms in total. The lowest BCUT2D eigenvalue weighted by molar-refractivity contribution is 0.0636. The Bertz CT molecular complexity index is 670. The van der Waals surface area contributed by atoms with Gasteiger partial charge in [-0.2, -0.15) is 0 Å². The molecule has 0 atom stereocenters. The Balaban J connectivity index is 2.18. The minimum absolute atomic E-state index is 0.429. The normalized spacial score (nSPS) is 11.2. The highest BCUT2D eigenvalue weighted by Gasteiger charge is 2.18. The van der Waals surface area contributed by atoms with Gasteiger partial charge in [-0.1, -0.05) is 11.3 Å².